The Morgan fingerprint density at radius 3 is 3.18 bits per heavy atom. The molecule has 3 rings (SSSR count). The van der Waals surface area contributed by atoms with Crippen LogP contribution in [0, 0.1) is 0 Å². The van der Waals surface area contributed by atoms with Gasteiger partial charge in [0.2, 0.25) is 0 Å². The van der Waals surface area contributed by atoms with Crippen LogP contribution in [0.3, 0.4) is 0 Å². The van der Waals surface area contributed by atoms with E-state index in [2.05, 4.69) is 4.98 Å². The number of imidazole rings is 1. The van der Waals surface area contributed by atoms with Crippen molar-refractivity contribution in [1.82, 2.24) is 9.38 Å². The average molecular weight is 248 g/mol. The van der Waals surface area contributed by atoms with Crippen LogP contribution in [0.15, 0.2) is 24.5 Å². The molecule has 3 heterocycles. The molecule has 0 radical (unpaired) electrons. The SMILES string of the molecule is O=C(O)c1ccn2c(C3CCSC3)ncc2c1. The number of carboxylic acid groups (broad SMARTS) is 1. The van der Waals surface area contributed by atoms with Crippen molar-refractivity contribution in [2.24, 2.45) is 0 Å². The Kier molecular flexibility index (Phi) is 2.55. The van der Waals surface area contributed by atoms with Crippen molar-refractivity contribution in [2.45, 2.75) is 12.3 Å². The highest BCUT2D eigenvalue weighted by Crippen LogP contribution is 2.31. The first-order valence-corrected chi connectivity index (χ1v) is 6.69. The maximum Gasteiger partial charge on any atom is 0.335 e. The number of carbonyl (C=O) groups is 1. The van der Waals surface area contributed by atoms with Crippen LogP contribution in [0.25, 0.3) is 5.52 Å². The monoisotopic (exact) mass is 248 g/mol. The lowest BCUT2D eigenvalue weighted by atomic mass is 10.1. The van der Waals surface area contributed by atoms with Crippen LogP contribution in [-0.2, 0) is 0 Å². The van der Waals surface area contributed by atoms with Crippen molar-refractivity contribution < 1.29 is 9.90 Å². The maximum absolute atomic E-state index is 10.9. The fourth-order valence-corrected chi connectivity index (χ4v) is 3.41. The highest BCUT2D eigenvalue weighted by atomic mass is 32.2. The third-order valence-electron chi connectivity index (χ3n) is 3.10. The van der Waals surface area contributed by atoms with Crippen molar-refractivity contribution in [3.05, 3.63) is 35.9 Å². The Hall–Kier alpha value is -1.49. The molecule has 1 aliphatic heterocycles. The molecule has 0 aromatic carbocycles. The van der Waals surface area contributed by atoms with Crippen molar-refractivity contribution in [2.75, 3.05) is 11.5 Å². The number of pyridine rings is 1. The number of rotatable bonds is 2. The second-order valence-corrected chi connectivity index (χ2v) is 5.34. The van der Waals surface area contributed by atoms with E-state index in [1.54, 1.807) is 18.3 Å². The summed E-state index contributed by atoms with van der Waals surface area (Å²) in [6, 6.07) is 3.30. The highest BCUT2D eigenvalue weighted by molar-refractivity contribution is 7.99. The second kappa shape index (κ2) is 4.07. The maximum atomic E-state index is 10.9. The predicted molar refractivity (Wildman–Crippen MR) is 66.8 cm³/mol. The van der Waals surface area contributed by atoms with Gasteiger partial charge in [0.05, 0.1) is 17.3 Å². The van der Waals surface area contributed by atoms with E-state index in [-0.39, 0.29) is 0 Å². The van der Waals surface area contributed by atoms with Crippen LogP contribution >= 0.6 is 11.8 Å². The standard InChI is InChI=1S/C12H12N2O2S/c15-12(16)8-1-3-14-10(5-8)6-13-11(14)9-2-4-17-7-9/h1,3,5-6,9H,2,4,7H2,(H,15,16). The number of fused-ring (bicyclic) bond motifs is 1. The molecule has 1 unspecified atom stereocenters. The van der Waals surface area contributed by atoms with E-state index >= 15 is 0 Å². The molecule has 0 saturated carbocycles. The van der Waals surface area contributed by atoms with Gasteiger partial charge in [-0.1, -0.05) is 0 Å². The van der Waals surface area contributed by atoms with E-state index in [9.17, 15) is 4.79 Å². The molecule has 0 amide bonds. The van der Waals surface area contributed by atoms with E-state index in [1.165, 1.54) is 5.75 Å². The summed E-state index contributed by atoms with van der Waals surface area (Å²) in [5.41, 5.74) is 1.17. The molecule has 1 N–H and O–H groups in total. The van der Waals surface area contributed by atoms with Gasteiger partial charge in [-0.3, -0.25) is 0 Å². The average Bonchev–Trinajstić information content (AvgIpc) is 2.96. The van der Waals surface area contributed by atoms with Crippen LogP contribution < -0.4 is 0 Å². The highest BCUT2D eigenvalue weighted by Gasteiger charge is 2.21. The fourth-order valence-electron chi connectivity index (χ4n) is 2.19. The van der Waals surface area contributed by atoms with Crippen LogP contribution in [-0.4, -0.2) is 32.0 Å². The largest absolute Gasteiger partial charge is 0.478 e. The molecule has 1 saturated heterocycles. The quantitative estimate of drug-likeness (QED) is 0.885. The molecule has 0 spiro atoms. The van der Waals surface area contributed by atoms with Gasteiger partial charge >= 0.3 is 5.97 Å². The third-order valence-corrected chi connectivity index (χ3v) is 4.26. The van der Waals surface area contributed by atoms with Gasteiger partial charge in [0.25, 0.3) is 0 Å². The Balaban J connectivity index is 2.07. The Morgan fingerprint density at radius 1 is 1.59 bits per heavy atom. The molecule has 0 bridgehead atoms. The van der Waals surface area contributed by atoms with Crippen molar-refractivity contribution in [1.29, 1.82) is 0 Å². The van der Waals surface area contributed by atoms with E-state index in [4.69, 9.17) is 5.11 Å². The number of nitrogens with zero attached hydrogens (tertiary/aromatic N) is 2. The van der Waals surface area contributed by atoms with Gasteiger partial charge in [-0.15, -0.1) is 0 Å². The minimum absolute atomic E-state index is 0.310. The lowest BCUT2D eigenvalue weighted by molar-refractivity contribution is 0.0697. The molecule has 1 fully saturated rings. The topological polar surface area (TPSA) is 54.6 Å². The number of hydrogen-bond donors (Lipinski definition) is 1. The first-order chi connectivity index (χ1) is 8.25. The Labute approximate surface area is 103 Å². The Morgan fingerprint density at radius 2 is 2.47 bits per heavy atom. The second-order valence-electron chi connectivity index (χ2n) is 4.19. The molecule has 4 nitrogen and oxygen atoms in total. The van der Waals surface area contributed by atoms with E-state index in [0.717, 1.165) is 23.5 Å². The van der Waals surface area contributed by atoms with Gasteiger partial charge in [0.1, 0.15) is 5.82 Å². The number of aromatic carboxylic acids is 1. The molecule has 5 heteroatoms. The molecule has 1 atom stereocenters. The van der Waals surface area contributed by atoms with Crippen LogP contribution in [0.5, 0.6) is 0 Å². The molecular formula is C12H12N2O2S. The smallest absolute Gasteiger partial charge is 0.335 e. The number of hydrogen-bond acceptors (Lipinski definition) is 3. The summed E-state index contributed by atoms with van der Waals surface area (Å²) in [7, 11) is 0. The number of thioether (sulfide) groups is 1. The first-order valence-electron chi connectivity index (χ1n) is 5.54. The molecule has 0 aliphatic carbocycles. The minimum Gasteiger partial charge on any atom is -0.478 e. The van der Waals surface area contributed by atoms with E-state index < -0.39 is 5.97 Å². The van der Waals surface area contributed by atoms with Crippen molar-refractivity contribution in [3.63, 3.8) is 0 Å². The Bertz CT molecular complexity index is 573. The molecule has 1 aliphatic rings. The first kappa shape index (κ1) is 10.7. The lowest BCUT2D eigenvalue weighted by Crippen LogP contribution is -2.04. The van der Waals surface area contributed by atoms with Crippen molar-refractivity contribution >= 4 is 23.2 Å². The van der Waals surface area contributed by atoms with E-state index in [0.29, 0.717) is 11.5 Å². The van der Waals surface area contributed by atoms with Gasteiger partial charge in [-0.25, -0.2) is 9.78 Å². The summed E-state index contributed by atoms with van der Waals surface area (Å²) >= 11 is 1.95. The zero-order chi connectivity index (χ0) is 11.8. The normalized spacial score (nSPS) is 19.9. The third kappa shape index (κ3) is 1.80. The summed E-state index contributed by atoms with van der Waals surface area (Å²) in [5.74, 6) is 2.96. The molecule has 17 heavy (non-hydrogen) atoms. The summed E-state index contributed by atoms with van der Waals surface area (Å²) in [5, 5.41) is 8.93. The van der Waals surface area contributed by atoms with Crippen LogP contribution in [0.4, 0.5) is 0 Å². The predicted octanol–water partition coefficient (Wildman–Crippen LogP) is 2.25. The molecule has 2 aromatic heterocycles. The zero-order valence-corrected chi connectivity index (χ0v) is 9.98. The van der Waals surface area contributed by atoms with E-state index in [1.807, 2.05) is 22.4 Å². The summed E-state index contributed by atoms with van der Waals surface area (Å²) in [6.45, 7) is 0. The fraction of sp³-hybridized carbons (Fsp3) is 0.333. The summed E-state index contributed by atoms with van der Waals surface area (Å²) in [4.78, 5) is 15.3. The lowest BCUT2D eigenvalue weighted by Gasteiger charge is -2.07. The van der Waals surface area contributed by atoms with Crippen LogP contribution in [0.1, 0.15) is 28.5 Å². The minimum atomic E-state index is -0.897. The summed E-state index contributed by atoms with van der Waals surface area (Å²) < 4.78 is 2.00. The van der Waals surface area contributed by atoms with Gasteiger partial charge in [-0.2, -0.15) is 11.8 Å². The van der Waals surface area contributed by atoms with Gasteiger partial charge in [-0.05, 0) is 24.3 Å². The number of carboxylic acids is 1. The molecular weight excluding hydrogens is 236 g/mol. The van der Waals surface area contributed by atoms with Gasteiger partial charge in [0, 0.05) is 17.9 Å². The van der Waals surface area contributed by atoms with Crippen molar-refractivity contribution in [3.8, 4) is 0 Å². The zero-order valence-electron chi connectivity index (χ0n) is 9.17. The number of aromatic nitrogens is 2. The molecule has 2 aromatic rings. The molecule has 88 valence electrons. The summed E-state index contributed by atoms with van der Waals surface area (Å²) in [6.07, 6.45) is 4.72. The van der Waals surface area contributed by atoms with Gasteiger partial charge < -0.3 is 9.51 Å². The van der Waals surface area contributed by atoms with Gasteiger partial charge in [0.15, 0.2) is 0 Å². The van der Waals surface area contributed by atoms with Crippen LogP contribution in [0.2, 0.25) is 0 Å².